The highest BCUT2D eigenvalue weighted by molar-refractivity contribution is 6.22. The van der Waals surface area contributed by atoms with Gasteiger partial charge in [-0.15, -0.1) is 0 Å². The van der Waals surface area contributed by atoms with Gasteiger partial charge < -0.3 is 0 Å². The maximum Gasteiger partial charge on any atom is 0.182 e. The van der Waals surface area contributed by atoms with E-state index in [2.05, 4.69) is 314 Å². The Morgan fingerprint density at radius 2 is 0.524 bits per heavy atom. The van der Waals surface area contributed by atoms with Crippen LogP contribution in [0.3, 0.4) is 0 Å². The van der Waals surface area contributed by atoms with Gasteiger partial charge in [0.15, 0.2) is 17.5 Å². The molecule has 0 saturated heterocycles. The first-order valence-corrected chi connectivity index (χ1v) is 35.3. The van der Waals surface area contributed by atoms with Crippen molar-refractivity contribution in [3.05, 3.63) is 376 Å². The lowest BCUT2D eigenvalue weighted by Crippen LogP contribution is -2.05. The molecule has 0 aliphatic rings. The Kier molecular flexibility index (Phi) is 15.7. The van der Waals surface area contributed by atoms with Crippen LogP contribution in [0.1, 0.15) is 0 Å². The van der Waals surface area contributed by atoms with Crippen molar-refractivity contribution in [3.8, 4) is 152 Å². The van der Waals surface area contributed by atoms with Crippen molar-refractivity contribution in [1.82, 2.24) is 39.5 Å². The van der Waals surface area contributed by atoms with Gasteiger partial charge in [0.25, 0.3) is 0 Å². The molecule has 19 aromatic rings. The number of rotatable bonds is 14. The summed E-state index contributed by atoms with van der Waals surface area (Å²) in [6.45, 7) is 0. The smallest absolute Gasteiger partial charge is 0.182 e. The van der Waals surface area contributed by atoms with Gasteiger partial charge in [-0.05, 0) is 172 Å². The van der Waals surface area contributed by atoms with Crippen LogP contribution < -0.4 is 0 Å². The number of aromatic nitrogens is 8. The molecule has 490 valence electrons. The van der Waals surface area contributed by atoms with E-state index in [-0.39, 0.29) is 0 Å². The summed E-state index contributed by atoms with van der Waals surface area (Å²) in [7, 11) is 0. The molecule has 0 radical (unpaired) electrons. The van der Waals surface area contributed by atoms with Gasteiger partial charge in [0, 0.05) is 27.9 Å². The molecule has 0 saturated carbocycles. The second kappa shape index (κ2) is 26.7. The van der Waals surface area contributed by atoms with Gasteiger partial charge >= 0.3 is 0 Å². The summed E-state index contributed by atoms with van der Waals surface area (Å²) in [5.41, 5.74) is 23.8. The average molecular weight is 1340 g/mol. The number of pyridine rings is 3. The van der Waals surface area contributed by atoms with Gasteiger partial charge in [-0.1, -0.05) is 303 Å². The van der Waals surface area contributed by atoms with Crippen LogP contribution in [0.5, 0.6) is 0 Å². The molecular weight excluding hydrogens is 1280 g/mol. The fraction of sp³-hybridized carbons (Fsp3) is 0. The van der Waals surface area contributed by atoms with Crippen molar-refractivity contribution in [1.29, 1.82) is 0 Å². The number of hydrogen-bond donors (Lipinski definition) is 0. The predicted molar refractivity (Wildman–Crippen MR) is 431 cm³/mol. The van der Waals surface area contributed by atoms with E-state index in [1.807, 2.05) is 66.7 Å². The van der Waals surface area contributed by atoms with Crippen molar-refractivity contribution in [3.63, 3.8) is 0 Å². The summed E-state index contributed by atoms with van der Waals surface area (Å²) in [5.74, 6) is 1.98. The fourth-order valence-corrected chi connectivity index (χ4v) is 14.7. The Balaban J connectivity index is 0.706. The second-order valence-corrected chi connectivity index (χ2v) is 26.4. The van der Waals surface area contributed by atoms with Crippen LogP contribution in [0.4, 0.5) is 0 Å². The quantitative estimate of drug-likeness (QED) is 0.100. The Morgan fingerprint density at radius 3 is 1.01 bits per heavy atom. The van der Waals surface area contributed by atoms with Gasteiger partial charge in [-0.25, -0.2) is 34.9 Å². The molecule has 0 unspecified atom stereocenters. The number of nitrogens with zero attached hydrogens (tertiary/aromatic N) is 8. The molecule has 19 rings (SSSR count). The van der Waals surface area contributed by atoms with Gasteiger partial charge in [-0.3, -0.25) is 4.57 Å². The van der Waals surface area contributed by atoms with Gasteiger partial charge in [0.05, 0.1) is 28.1 Å². The van der Waals surface area contributed by atoms with Crippen LogP contribution in [0.15, 0.2) is 376 Å². The third kappa shape index (κ3) is 11.9. The predicted octanol–water partition coefficient (Wildman–Crippen LogP) is 24.5. The van der Waals surface area contributed by atoms with E-state index in [0.717, 1.165) is 112 Å². The lowest BCUT2D eigenvalue weighted by molar-refractivity contribution is 1.04. The minimum atomic E-state index is 0.370. The normalized spacial score (nSPS) is 11.4. The van der Waals surface area contributed by atoms with E-state index in [9.17, 15) is 0 Å². The van der Waals surface area contributed by atoms with Gasteiger partial charge in [-0.2, -0.15) is 0 Å². The van der Waals surface area contributed by atoms with Crippen molar-refractivity contribution in [2.24, 2.45) is 0 Å². The van der Waals surface area contributed by atoms with Gasteiger partial charge in [0.2, 0.25) is 0 Å². The van der Waals surface area contributed by atoms with Crippen LogP contribution in [-0.2, 0) is 0 Å². The Labute approximate surface area is 607 Å². The van der Waals surface area contributed by atoms with Crippen LogP contribution in [0.25, 0.3) is 196 Å². The molecular formula is C97H62N8. The zero-order chi connectivity index (χ0) is 69.6. The molecule has 0 spiro atoms. The second-order valence-electron chi connectivity index (χ2n) is 26.4. The zero-order valence-electron chi connectivity index (χ0n) is 56.9. The molecule has 0 N–H and O–H groups in total. The monoisotopic (exact) mass is 1340 g/mol. The Morgan fingerprint density at radius 1 is 0.181 bits per heavy atom. The molecule has 0 aliphatic heterocycles. The maximum absolute atomic E-state index is 5.45. The van der Waals surface area contributed by atoms with Crippen molar-refractivity contribution in [2.45, 2.75) is 0 Å². The maximum atomic E-state index is 5.45. The number of imidazole rings is 1. The molecule has 0 atom stereocenters. The summed E-state index contributed by atoms with van der Waals surface area (Å²) >= 11 is 0. The fourth-order valence-electron chi connectivity index (χ4n) is 14.7. The summed E-state index contributed by atoms with van der Waals surface area (Å²) in [6.07, 6.45) is 0. The van der Waals surface area contributed by atoms with E-state index in [1.54, 1.807) is 0 Å². The molecule has 0 aliphatic carbocycles. The molecule has 8 nitrogen and oxygen atoms in total. The van der Waals surface area contributed by atoms with Crippen LogP contribution in [0.2, 0.25) is 0 Å². The highest BCUT2D eigenvalue weighted by Crippen LogP contribution is 2.45. The largest absolute Gasteiger partial charge is 0.292 e. The number of benzene rings is 14. The molecule has 0 fully saturated rings. The highest BCUT2D eigenvalue weighted by Gasteiger charge is 2.23. The Hall–Kier alpha value is -14.2. The molecule has 5 heterocycles. The number of hydrogen-bond acceptors (Lipinski definition) is 7. The van der Waals surface area contributed by atoms with E-state index in [0.29, 0.717) is 34.6 Å². The summed E-state index contributed by atoms with van der Waals surface area (Å²) in [4.78, 5) is 37.7. The minimum Gasteiger partial charge on any atom is -0.292 e. The third-order valence-electron chi connectivity index (χ3n) is 19.8. The van der Waals surface area contributed by atoms with E-state index in [1.165, 1.54) is 49.0 Å². The van der Waals surface area contributed by atoms with E-state index in [4.69, 9.17) is 34.9 Å². The molecule has 14 aromatic carbocycles. The Bertz CT molecular complexity index is 6170. The third-order valence-corrected chi connectivity index (χ3v) is 19.8. The van der Waals surface area contributed by atoms with Crippen molar-refractivity contribution < 1.29 is 0 Å². The first-order valence-electron chi connectivity index (χ1n) is 35.3. The number of para-hydroxylation sites is 2. The van der Waals surface area contributed by atoms with Crippen molar-refractivity contribution in [2.75, 3.05) is 0 Å². The van der Waals surface area contributed by atoms with Gasteiger partial charge in [0.1, 0.15) is 22.9 Å². The standard InChI is InChI=1S/C97H62N8/c1-6-25-63(26-7-1)76-57-85(67-30-10-3-11-31-67)98-88(60-76)94-102-95(89-61-77(64-27-8-2-9-28-64)58-86(99-89)68-32-12-4-13-33-68)104-96(103-94)90-62-78(59-87(100-90)69-34-14-5-15-35-69)74-38-24-37-73(55-74)66-45-48-71(49-46-66)97-101-84-43-22-23-44-91(84)105(97)79-53-51-70(52-54-79)92-80-39-18-20-41-82(80)93(83-42-21-19-40-81(83)92)75-50-47-65-29-16-17-36-72(65)56-75/h1-62H. The van der Waals surface area contributed by atoms with Crippen molar-refractivity contribution >= 4 is 43.4 Å². The highest BCUT2D eigenvalue weighted by atomic mass is 15.1. The number of fused-ring (bicyclic) bond motifs is 4. The minimum absolute atomic E-state index is 0.370. The van der Waals surface area contributed by atoms with E-state index >= 15 is 0 Å². The van der Waals surface area contributed by atoms with E-state index < -0.39 is 0 Å². The SMILES string of the molecule is c1ccc(-c2cc(-c3ccccc3)nc(-c3nc(-c4cc(-c5ccccc5)cc(-c5ccccc5)n4)nc(-c4cc(-c5cccc(-c6ccc(-c7nc8ccccc8n7-c7ccc(-c8c9ccccc9c(-c9ccc%10ccccc%10c9)c9ccccc89)cc7)cc6)c5)cc(-c5ccccc5)n4)n3)c2)cc1. The molecule has 105 heavy (non-hydrogen) atoms. The summed E-state index contributed by atoms with van der Waals surface area (Å²) < 4.78 is 2.29. The first-order chi connectivity index (χ1) is 52.0. The first kappa shape index (κ1) is 61.8. The molecule has 8 heteroatoms. The molecule has 5 aromatic heterocycles. The van der Waals surface area contributed by atoms with Crippen LogP contribution >= 0.6 is 0 Å². The summed E-state index contributed by atoms with van der Waals surface area (Å²) in [5, 5.41) is 7.34. The topological polar surface area (TPSA) is 95.2 Å². The summed E-state index contributed by atoms with van der Waals surface area (Å²) in [6, 6.07) is 132. The molecule has 0 bridgehead atoms. The zero-order valence-corrected chi connectivity index (χ0v) is 56.9. The lowest BCUT2D eigenvalue weighted by atomic mass is 9.85. The van der Waals surface area contributed by atoms with Crippen LogP contribution in [-0.4, -0.2) is 39.5 Å². The molecule has 0 amide bonds. The van der Waals surface area contributed by atoms with Crippen LogP contribution in [0, 0.1) is 0 Å². The lowest BCUT2D eigenvalue weighted by Gasteiger charge is -2.18. The average Bonchev–Trinajstić information content (AvgIpc) is 1.65.